The summed E-state index contributed by atoms with van der Waals surface area (Å²) in [4.78, 5) is 6.48. The molecule has 7 heteroatoms. The number of anilines is 1. The van der Waals surface area contributed by atoms with Crippen molar-refractivity contribution in [3.63, 3.8) is 0 Å². The number of nitrogens with zero attached hydrogens (tertiary/aromatic N) is 2. The van der Waals surface area contributed by atoms with Gasteiger partial charge in [0.2, 0.25) is 10.0 Å². The Balaban J connectivity index is 1.75. The molecule has 1 saturated heterocycles. The summed E-state index contributed by atoms with van der Waals surface area (Å²) in [5, 5.41) is 0. The second kappa shape index (κ2) is 6.52. The van der Waals surface area contributed by atoms with Crippen LogP contribution in [0.5, 0.6) is 0 Å². The summed E-state index contributed by atoms with van der Waals surface area (Å²) in [5.41, 5.74) is 0. The molecule has 1 saturated carbocycles. The SMILES string of the molecule is CN(C[C@H]1CCOC1)c1ncccc1S(=O)(=O)NCC1CC1. The van der Waals surface area contributed by atoms with Crippen LogP contribution in [-0.2, 0) is 14.8 Å². The Hall–Kier alpha value is -1.18. The van der Waals surface area contributed by atoms with Crippen LogP contribution in [0, 0.1) is 11.8 Å². The Morgan fingerprint density at radius 2 is 2.18 bits per heavy atom. The molecule has 1 aliphatic carbocycles. The maximum absolute atomic E-state index is 12.5. The van der Waals surface area contributed by atoms with Crippen LogP contribution in [-0.4, -0.2) is 46.8 Å². The van der Waals surface area contributed by atoms with Gasteiger partial charge in [0.1, 0.15) is 10.7 Å². The molecule has 2 fully saturated rings. The van der Waals surface area contributed by atoms with Gasteiger partial charge in [0.15, 0.2) is 0 Å². The maximum Gasteiger partial charge on any atom is 0.244 e. The molecular formula is C15H23N3O3S. The Bertz CT molecular complexity index is 610. The van der Waals surface area contributed by atoms with E-state index in [0.29, 0.717) is 24.2 Å². The highest BCUT2D eigenvalue weighted by Crippen LogP contribution is 2.29. The van der Waals surface area contributed by atoms with Crippen LogP contribution >= 0.6 is 0 Å². The summed E-state index contributed by atoms with van der Waals surface area (Å²) < 4.78 is 33.1. The molecule has 1 N–H and O–H groups in total. The third-order valence-corrected chi connectivity index (χ3v) is 5.66. The first kappa shape index (κ1) is 15.7. The predicted molar refractivity (Wildman–Crippen MR) is 84.3 cm³/mol. The number of rotatable bonds is 7. The molecule has 122 valence electrons. The average molecular weight is 325 g/mol. The van der Waals surface area contributed by atoms with Crippen molar-refractivity contribution in [1.29, 1.82) is 0 Å². The van der Waals surface area contributed by atoms with Crippen LogP contribution in [0.25, 0.3) is 0 Å². The Kier molecular flexibility index (Phi) is 4.65. The van der Waals surface area contributed by atoms with Crippen molar-refractivity contribution < 1.29 is 13.2 Å². The maximum atomic E-state index is 12.5. The molecule has 1 aromatic rings. The van der Waals surface area contributed by atoms with E-state index in [2.05, 4.69) is 9.71 Å². The van der Waals surface area contributed by atoms with Crippen LogP contribution in [0.3, 0.4) is 0 Å². The third kappa shape index (κ3) is 3.77. The lowest BCUT2D eigenvalue weighted by atomic mass is 10.1. The van der Waals surface area contributed by atoms with Crippen molar-refractivity contribution in [2.24, 2.45) is 11.8 Å². The van der Waals surface area contributed by atoms with Gasteiger partial charge in [-0.25, -0.2) is 18.1 Å². The van der Waals surface area contributed by atoms with Crippen molar-refractivity contribution in [3.8, 4) is 0 Å². The second-order valence-electron chi connectivity index (χ2n) is 6.23. The van der Waals surface area contributed by atoms with E-state index in [0.717, 1.165) is 39.0 Å². The molecule has 3 rings (SSSR count). The first-order chi connectivity index (χ1) is 10.6. The van der Waals surface area contributed by atoms with E-state index in [4.69, 9.17) is 4.74 Å². The van der Waals surface area contributed by atoms with E-state index in [1.54, 1.807) is 18.3 Å². The lowest BCUT2D eigenvalue weighted by Crippen LogP contribution is -2.31. The van der Waals surface area contributed by atoms with Gasteiger partial charge in [-0.2, -0.15) is 0 Å². The zero-order valence-electron chi connectivity index (χ0n) is 12.9. The molecule has 0 aromatic carbocycles. The van der Waals surface area contributed by atoms with Gasteiger partial charge in [-0.3, -0.25) is 0 Å². The molecule has 6 nitrogen and oxygen atoms in total. The number of ether oxygens (including phenoxy) is 1. The Morgan fingerprint density at radius 3 is 2.86 bits per heavy atom. The molecular weight excluding hydrogens is 302 g/mol. The Morgan fingerprint density at radius 1 is 1.36 bits per heavy atom. The highest BCUT2D eigenvalue weighted by atomic mass is 32.2. The lowest BCUT2D eigenvalue weighted by molar-refractivity contribution is 0.186. The van der Waals surface area contributed by atoms with Gasteiger partial charge in [-0.05, 0) is 37.3 Å². The first-order valence-corrected chi connectivity index (χ1v) is 9.28. The van der Waals surface area contributed by atoms with E-state index in [1.807, 2.05) is 11.9 Å². The topological polar surface area (TPSA) is 71.5 Å². The van der Waals surface area contributed by atoms with E-state index >= 15 is 0 Å². The Labute approximate surface area is 131 Å². The number of hydrogen-bond donors (Lipinski definition) is 1. The molecule has 0 radical (unpaired) electrons. The van der Waals surface area contributed by atoms with Crippen molar-refractivity contribution >= 4 is 15.8 Å². The summed E-state index contributed by atoms with van der Waals surface area (Å²) in [6.07, 6.45) is 4.88. The molecule has 1 aliphatic heterocycles. The fourth-order valence-corrected chi connectivity index (χ4v) is 4.02. The standard InChI is InChI=1S/C15H23N3O3S/c1-18(10-13-6-8-21-11-13)15-14(3-2-7-16-15)22(19,20)17-9-12-4-5-12/h2-3,7,12-13,17H,4-6,8-11H2,1H3/t13-/m1/s1. The van der Waals surface area contributed by atoms with Gasteiger partial charge in [-0.15, -0.1) is 0 Å². The molecule has 1 aromatic heterocycles. The van der Waals surface area contributed by atoms with Crippen LogP contribution in [0.4, 0.5) is 5.82 Å². The zero-order chi connectivity index (χ0) is 15.6. The minimum absolute atomic E-state index is 0.261. The van der Waals surface area contributed by atoms with Crippen molar-refractivity contribution in [2.45, 2.75) is 24.2 Å². The highest BCUT2D eigenvalue weighted by Gasteiger charge is 2.27. The van der Waals surface area contributed by atoms with Crippen LogP contribution in [0.2, 0.25) is 0 Å². The largest absolute Gasteiger partial charge is 0.381 e. The fraction of sp³-hybridized carbons (Fsp3) is 0.667. The summed E-state index contributed by atoms with van der Waals surface area (Å²) >= 11 is 0. The predicted octanol–water partition coefficient (Wildman–Crippen LogP) is 1.24. The first-order valence-electron chi connectivity index (χ1n) is 7.80. The molecule has 1 atom stereocenters. The molecule has 0 bridgehead atoms. The number of aromatic nitrogens is 1. The average Bonchev–Trinajstić information content (AvgIpc) is 3.21. The second-order valence-corrected chi connectivity index (χ2v) is 7.97. The van der Waals surface area contributed by atoms with Crippen molar-refractivity contribution in [3.05, 3.63) is 18.3 Å². The van der Waals surface area contributed by atoms with Gasteiger partial charge in [0, 0.05) is 38.9 Å². The zero-order valence-corrected chi connectivity index (χ0v) is 13.7. The minimum Gasteiger partial charge on any atom is -0.381 e. The van der Waals surface area contributed by atoms with Crippen molar-refractivity contribution in [1.82, 2.24) is 9.71 Å². The van der Waals surface area contributed by atoms with Crippen LogP contribution < -0.4 is 9.62 Å². The normalized spacial score (nSPS) is 22.0. The summed E-state index contributed by atoms with van der Waals surface area (Å²) in [6, 6.07) is 3.29. The lowest BCUT2D eigenvalue weighted by Gasteiger charge is -2.23. The van der Waals surface area contributed by atoms with Gasteiger partial charge < -0.3 is 9.64 Å². The highest BCUT2D eigenvalue weighted by molar-refractivity contribution is 7.89. The summed E-state index contributed by atoms with van der Waals surface area (Å²) in [7, 11) is -1.62. The van der Waals surface area contributed by atoms with Gasteiger partial charge >= 0.3 is 0 Å². The quantitative estimate of drug-likeness (QED) is 0.817. The van der Waals surface area contributed by atoms with E-state index < -0.39 is 10.0 Å². The van der Waals surface area contributed by atoms with E-state index in [-0.39, 0.29) is 4.90 Å². The van der Waals surface area contributed by atoms with E-state index in [9.17, 15) is 8.42 Å². The number of pyridine rings is 1. The van der Waals surface area contributed by atoms with Crippen LogP contribution in [0.15, 0.2) is 23.2 Å². The molecule has 22 heavy (non-hydrogen) atoms. The monoisotopic (exact) mass is 325 g/mol. The number of nitrogens with one attached hydrogen (secondary N) is 1. The van der Waals surface area contributed by atoms with Gasteiger partial charge in [0.25, 0.3) is 0 Å². The summed E-state index contributed by atoms with van der Waals surface area (Å²) in [6.45, 7) is 2.80. The number of hydrogen-bond acceptors (Lipinski definition) is 5. The van der Waals surface area contributed by atoms with E-state index in [1.165, 1.54) is 0 Å². The van der Waals surface area contributed by atoms with Crippen LogP contribution in [0.1, 0.15) is 19.3 Å². The van der Waals surface area contributed by atoms with Gasteiger partial charge in [-0.1, -0.05) is 0 Å². The molecule has 0 amide bonds. The summed E-state index contributed by atoms with van der Waals surface area (Å²) in [5.74, 6) is 1.45. The number of sulfonamides is 1. The van der Waals surface area contributed by atoms with Crippen molar-refractivity contribution in [2.75, 3.05) is 38.3 Å². The molecule has 2 heterocycles. The fourth-order valence-electron chi connectivity index (χ4n) is 2.71. The molecule has 2 aliphatic rings. The minimum atomic E-state index is -3.51. The third-order valence-electron chi connectivity index (χ3n) is 4.22. The molecule has 0 spiro atoms. The molecule has 0 unspecified atom stereocenters. The van der Waals surface area contributed by atoms with Gasteiger partial charge in [0.05, 0.1) is 6.61 Å². The smallest absolute Gasteiger partial charge is 0.244 e.